The van der Waals surface area contributed by atoms with Crippen LogP contribution in [0.1, 0.15) is 59.7 Å². The Hall–Kier alpha value is -5.74. The average Bonchev–Trinajstić information content (AvgIpc) is 3.41. The van der Waals surface area contributed by atoms with E-state index < -0.39 is 32.5 Å². The number of nitro benzene ring substituents is 2. The lowest BCUT2D eigenvalue weighted by Crippen LogP contribution is -2.25. The van der Waals surface area contributed by atoms with Crippen LogP contribution in [0.15, 0.2) is 73.2 Å². The van der Waals surface area contributed by atoms with Crippen molar-refractivity contribution in [3.05, 3.63) is 116 Å². The summed E-state index contributed by atoms with van der Waals surface area (Å²) in [4.78, 5) is 55.3. The number of amides is 2. The molecule has 0 radical (unpaired) electrons. The molecular weight excluding hydrogens is 657 g/mol. The Morgan fingerprint density at radius 2 is 1.27 bits per heavy atom. The molecule has 0 atom stereocenters. The third kappa shape index (κ3) is 6.43. The topological polar surface area (TPSA) is 194 Å². The van der Waals surface area contributed by atoms with Crippen LogP contribution in [-0.2, 0) is 10.8 Å². The Balaban J connectivity index is 0.000000188. The van der Waals surface area contributed by atoms with Crippen molar-refractivity contribution in [2.75, 3.05) is 21.3 Å². The lowest BCUT2D eigenvalue weighted by atomic mass is 9.86. The average molecular weight is 685 g/mol. The van der Waals surface area contributed by atoms with E-state index in [1.54, 1.807) is 36.5 Å². The number of rotatable bonds is 6. The van der Waals surface area contributed by atoms with Crippen LogP contribution in [0, 0.1) is 20.2 Å². The summed E-state index contributed by atoms with van der Waals surface area (Å²) in [5.41, 5.74) is 2.14. The predicted molar refractivity (Wildman–Crippen MR) is 189 cm³/mol. The second kappa shape index (κ2) is 12.8. The molecule has 2 aliphatic rings. The molecule has 0 saturated carbocycles. The van der Waals surface area contributed by atoms with Crippen molar-refractivity contribution in [2.45, 2.75) is 38.5 Å². The highest BCUT2D eigenvalue weighted by atomic mass is 32.1. The van der Waals surface area contributed by atoms with Crippen LogP contribution in [0.25, 0.3) is 0 Å². The van der Waals surface area contributed by atoms with Crippen molar-refractivity contribution >= 4 is 80.4 Å². The number of carbonyl (C=O) groups is 2. The second-order valence-electron chi connectivity index (χ2n) is 11.9. The van der Waals surface area contributed by atoms with Crippen molar-refractivity contribution in [3.8, 4) is 0 Å². The minimum atomic E-state index is -0.522. The highest BCUT2D eigenvalue weighted by Gasteiger charge is 2.39. The molecule has 48 heavy (non-hydrogen) atoms. The normalized spacial score (nSPS) is 14.7. The predicted octanol–water partition coefficient (Wildman–Crippen LogP) is 6.55. The van der Waals surface area contributed by atoms with E-state index in [1.807, 2.05) is 27.7 Å². The number of carbonyl (C=O) groups excluding carboxylic acids is 2. The van der Waals surface area contributed by atoms with Crippen LogP contribution >= 0.6 is 24.4 Å². The number of anilines is 4. The van der Waals surface area contributed by atoms with Crippen LogP contribution in [0.3, 0.4) is 0 Å². The SMILES string of the molecule is CC1(C)C(=S)Nc2cc(NC(=O)c3ccccn3)c([N+](=O)[O-])cc21.CC1(C)C(=S)Nc2cc(NC(=O)c3cccnc3)c([N+](=O)[O-])cc21. The molecule has 4 N–H and O–H groups in total. The van der Waals surface area contributed by atoms with E-state index in [-0.39, 0.29) is 28.4 Å². The Morgan fingerprint density at radius 1 is 0.750 bits per heavy atom. The van der Waals surface area contributed by atoms with E-state index in [1.165, 1.54) is 36.7 Å². The number of hydrogen-bond donors (Lipinski definition) is 4. The van der Waals surface area contributed by atoms with Gasteiger partial charge in [0, 0.05) is 52.9 Å². The summed E-state index contributed by atoms with van der Waals surface area (Å²) in [7, 11) is 0. The fourth-order valence-corrected chi connectivity index (χ4v) is 5.54. The highest BCUT2D eigenvalue weighted by molar-refractivity contribution is 7.81. The Bertz CT molecular complexity index is 1880. The molecule has 2 aromatic carbocycles. The zero-order valence-corrected chi connectivity index (χ0v) is 27.6. The van der Waals surface area contributed by atoms with Gasteiger partial charge in [0.1, 0.15) is 17.1 Å². The maximum Gasteiger partial charge on any atom is 0.293 e. The summed E-state index contributed by atoms with van der Waals surface area (Å²) < 4.78 is 0. The van der Waals surface area contributed by atoms with Gasteiger partial charge in [-0.1, -0.05) is 30.5 Å². The van der Waals surface area contributed by atoms with Gasteiger partial charge in [-0.05, 0) is 75.2 Å². The lowest BCUT2D eigenvalue weighted by Gasteiger charge is -2.17. The van der Waals surface area contributed by atoms with Gasteiger partial charge in [0.25, 0.3) is 23.2 Å². The van der Waals surface area contributed by atoms with Gasteiger partial charge in [-0.15, -0.1) is 0 Å². The summed E-state index contributed by atoms with van der Waals surface area (Å²) >= 11 is 10.6. The fraction of sp³-hybridized carbons (Fsp3) is 0.188. The smallest absolute Gasteiger partial charge is 0.293 e. The molecule has 4 aromatic rings. The molecule has 0 spiro atoms. The largest absolute Gasteiger partial charge is 0.349 e. The van der Waals surface area contributed by atoms with Gasteiger partial charge in [-0.25, -0.2) is 0 Å². The maximum absolute atomic E-state index is 12.3. The van der Waals surface area contributed by atoms with Gasteiger partial charge in [0.2, 0.25) is 0 Å². The third-order valence-corrected chi connectivity index (χ3v) is 9.19. The highest BCUT2D eigenvalue weighted by Crippen LogP contribution is 2.44. The lowest BCUT2D eigenvalue weighted by molar-refractivity contribution is -0.384. The van der Waals surface area contributed by atoms with Crippen molar-refractivity contribution in [3.63, 3.8) is 0 Å². The van der Waals surface area contributed by atoms with E-state index in [0.29, 0.717) is 26.9 Å². The first-order valence-corrected chi connectivity index (χ1v) is 15.2. The zero-order valence-electron chi connectivity index (χ0n) is 26.0. The van der Waals surface area contributed by atoms with Gasteiger partial charge in [0.15, 0.2) is 0 Å². The van der Waals surface area contributed by atoms with Crippen LogP contribution in [0.2, 0.25) is 0 Å². The third-order valence-electron chi connectivity index (χ3n) is 7.96. The second-order valence-corrected chi connectivity index (χ2v) is 12.7. The fourth-order valence-electron chi connectivity index (χ4n) is 5.10. The number of hydrogen-bond acceptors (Lipinski definition) is 10. The number of aromatic nitrogens is 2. The van der Waals surface area contributed by atoms with Crippen molar-refractivity contribution in [1.29, 1.82) is 0 Å². The zero-order chi connectivity index (χ0) is 35.0. The summed E-state index contributed by atoms with van der Waals surface area (Å²) in [6.07, 6.45) is 4.42. The molecule has 0 bridgehead atoms. The van der Waals surface area contributed by atoms with E-state index in [2.05, 4.69) is 31.2 Å². The molecule has 0 unspecified atom stereocenters. The number of fused-ring (bicyclic) bond motifs is 2. The van der Waals surface area contributed by atoms with Crippen molar-refractivity contribution in [2.24, 2.45) is 0 Å². The first kappa shape index (κ1) is 33.6. The number of nitrogens with zero attached hydrogens (tertiary/aromatic N) is 4. The van der Waals surface area contributed by atoms with Gasteiger partial charge in [-0.3, -0.25) is 39.8 Å². The van der Waals surface area contributed by atoms with E-state index >= 15 is 0 Å². The molecule has 4 heterocycles. The first-order chi connectivity index (χ1) is 22.6. The molecular formula is C32H28N8O6S2. The number of pyridine rings is 2. The summed E-state index contributed by atoms with van der Waals surface area (Å²) in [5, 5.41) is 34.1. The van der Waals surface area contributed by atoms with Crippen molar-refractivity contribution in [1.82, 2.24) is 9.97 Å². The Kier molecular flexibility index (Phi) is 8.97. The molecule has 2 amide bonds. The van der Waals surface area contributed by atoms with Crippen LogP contribution in [-0.4, -0.2) is 41.6 Å². The maximum atomic E-state index is 12.3. The molecule has 2 aromatic heterocycles. The van der Waals surface area contributed by atoms with E-state index in [0.717, 1.165) is 11.1 Å². The summed E-state index contributed by atoms with van der Waals surface area (Å²) in [6.45, 7) is 7.58. The molecule has 14 nitrogen and oxygen atoms in total. The standard InChI is InChI=1S/2C16H14N4O3S/c1-16(2)10-6-13(20(22)23)12(7-11(10)19-15(16)24)18-14(21)9-4-3-5-17-8-9;1-16(2)9-7-13(20(22)23)12(8-11(9)19-15(16)24)18-14(21)10-5-3-4-6-17-10/h2*3-8H,1-2H3,(H,18,21)(H,19,24). The molecule has 0 saturated heterocycles. The summed E-state index contributed by atoms with van der Waals surface area (Å²) in [6, 6.07) is 14.1. The molecule has 6 rings (SSSR count). The van der Waals surface area contributed by atoms with Gasteiger partial charge in [0.05, 0.1) is 25.4 Å². The van der Waals surface area contributed by atoms with Crippen molar-refractivity contribution < 1.29 is 19.4 Å². The van der Waals surface area contributed by atoms with Crippen LogP contribution in [0.5, 0.6) is 0 Å². The minimum absolute atomic E-state index is 0.0994. The van der Waals surface area contributed by atoms with Crippen LogP contribution in [0.4, 0.5) is 34.1 Å². The van der Waals surface area contributed by atoms with Gasteiger partial charge in [-0.2, -0.15) is 0 Å². The van der Waals surface area contributed by atoms with Crippen LogP contribution < -0.4 is 21.3 Å². The van der Waals surface area contributed by atoms with Gasteiger partial charge < -0.3 is 21.3 Å². The van der Waals surface area contributed by atoms with Gasteiger partial charge >= 0.3 is 0 Å². The number of nitro groups is 2. The van der Waals surface area contributed by atoms with E-state index in [9.17, 15) is 29.8 Å². The number of benzene rings is 2. The molecule has 16 heteroatoms. The minimum Gasteiger partial charge on any atom is -0.349 e. The number of nitrogens with one attached hydrogen (secondary N) is 4. The molecule has 2 aliphatic heterocycles. The number of thiocarbonyl (C=S) groups is 2. The van der Waals surface area contributed by atoms with E-state index in [4.69, 9.17) is 24.4 Å². The molecule has 244 valence electrons. The quantitative estimate of drug-likeness (QED) is 0.0974. The molecule has 0 aliphatic carbocycles. The Morgan fingerprint density at radius 3 is 1.71 bits per heavy atom. The summed E-state index contributed by atoms with van der Waals surface area (Å²) in [5.74, 6) is -0.982. The molecule has 0 fully saturated rings. The monoisotopic (exact) mass is 684 g/mol. The first-order valence-electron chi connectivity index (χ1n) is 14.3. The Labute approximate surface area is 284 Å².